The first-order valence-electron chi connectivity index (χ1n) is 9.03. The number of carbonyl (C=O) groups is 1. The lowest BCUT2D eigenvalue weighted by Gasteiger charge is -2.17. The summed E-state index contributed by atoms with van der Waals surface area (Å²) in [4.78, 5) is 20.7. The molecule has 5 nitrogen and oxygen atoms in total. The van der Waals surface area contributed by atoms with E-state index in [0.29, 0.717) is 18.0 Å². The smallest absolute Gasteiger partial charge is 0.253 e. The third-order valence-corrected chi connectivity index (χ3v) is 4.37. The maximum absolute atomic E-state index is 12.5. The minimum Gasteiger partial charge on any atom is -0.354 e. The van der Waals surface area contributed by atoms with Crippen LogP contribution in [-0.4, -0.2) is 15.9 Å². The second-order valence-corrected chi connectivity index (χ2v) is 6.83. The lowest BCUT2D eigenvalue weighted by atomic mass is 9.98. The Hall–Kier alpha value is -3.21. The van der Waals surface area contributed by atoms with E-state index in [1.54, 1.807) is 24.8 Å². The minimum absolute atomic E-state index is 0.163. The summed E-state index contributed by atoms with van der Waals surface area (Å²) in [6, 6.07) is 11.9. The van der Waals surface area contributed by atoms with E-state index < -0.39 is 0 Å². The molecule has 0 aliphatic heterocycles. The molecule has 0 saturated heterocycles. The number of hydrogen-bond acceptors (Lipinski definition) is 4. The van der Waals surface area contributed by atoms with E-state index >= 15 is 0 Å². The Bertz CT molecular complexity index is 923. The highest BCUT2D eigenvalue weighted by molar-refractivity contribution is 5.94. The summed E-state index contributed by atoms with van der Waals surface area (Å²) in [5.74, 6) is 0.232. The van der Waals surface area contributed by atoms with Crippen LogP contribution in [0.3, 0.4) is 0 Å². The van der Waals surface area contributed by atoms with Gasteiger partial charge in [0.25, 0.3) is 5.91 Å². The summed E-state index contributed by atoms with van der Waals surface area (Å²) in [7, 11) is 0. The molecule has 0 spiro atoms. The van der Waals surface area contributed by atoms with Crippen molar-refractivity contribution < 1.29 is 4.79 Å². The molecule has 27 heavy (non-hydrogen) atoms. The van der Waals surface area contributed by atoms with Gasteiger partial charge in [0.15, 0.2) is 0 Å². The SMILES string of the molecule is Cc1cccc(C(C)C)c1Nc1cncc(C(=O)NCc2cccnc2)c1. The number of carbonyl (C=O) groups excluding carboxylic acids is 1. The summed E-state index contributed by atoms with van der Waals surface area (Å²) < 4.78 is 0. The summed E-state index contributed by atoms with van der Waals surface area (Å²) in [5, 5.41) is 6.34. The molecule has 2 N–H and O–H groups in total. The Labute approximate surface area is 159 Å². The van der Waals surface area contributed by atoms with Crippen LogP contribution in [0.4, 0.5) is 11.4 Å². The van der Waals surface area contributed by atoms with Crippen LogP contribution < -0.4 is 10.6 Å². The normalized spacial score (nSPS) is 10.7. The average molecular weight is 360 g/mol. The second kappa shape index (κ2) is 8.45. The van der Waals surface area contributed by atoms with Crippen LogP contribution in [0.2, 0.25) is 0 Å². The second-order valence-electron chi connectivity index (χ2n) is 6.83. The Morgan fingerprint density at radius 3 is 2.67 bits per heavy atom. The fraction of sp³-hybridized carbons (Fsp3) is 0.227. The van der Waals surface area contributed by atoms with Gasteiger partial charge < -0.3 is 10.6 Å². The van der Waals surface area contributed by atoms with Crippen molar-refractivity contribution in [3.8, 4) is 0 Å². The molecule has 138 valence electrons. The molecule has 2 heterocycles. The van der Waals surface area contributed by atoms with Crippen molar-refractivity contribution >= 4 is 17.3 Å². The van der Waals surface area contributed by atoms with Gasteiger partial charge in [-0.15, -0.1) is 0 Å². The minimum atomic E-state index is -0.163. The summed E-state index contributed by atoms with van der Waals surface area (Å²) >= 11 is 0. The van der Waals surface area contributed by atoms with E-state index in [0.717, 1.165) is 22.5 Å². The van der Waals surface area contributed by atoms with E-state index in [2.05, 4.69) is 59.6 Å². The lowest BCUT2D eigenvalue weighted by Crippen LogP contribution is -2.23. The van der Waals surface area contributed by atoms with Crippen molar-refractivity contribution in [1.82, 2.24) is 15.3 Å². The molecule has 3 aromatic rings. The standard InChI is InChI=1S/C22H24N4O/c1-15(2)20-8-4-6-16(3)21(20)26-19-10-18(13-24-14-19)22(27)25-12-17-7-5-9-23-11-17/h4-11,13-15,26H,12H2,1-3H3,(H,25,27). The van der Waals surface area contributed by atoms with Gasteiger partial charge in [0.05, 0.1) is 17.4 Å². The molecule has 0 radical (unpaired) electrons. The summed E-state index contributed by atoms with van der Waals surface area (Å²) in [6.07, 6.45) is 6.75. The van der Waals surface area contributed by atoms with Gasteiger partial charge in [0.2, 0.25) is 0 Å². The third kappa shape index (κ3) is 4.70. The van der Waals surface area contributed by atoms with Crippen LogP contribution in [0, 0.1) is 6.92 Å². The van der Waals surface area contributed by atoms with Crippen LogP contribution in [-0.2, 0) is 6.54 Å². The first-order valence-corrected chi connectivity index (χ1v) is 9.03. The Morgan fingerprint density at radius 1 is 1.07 bits per heavy atom. The average Bonchev–Trinajstić information content (AvgIpc) is 2.68. The molecule has 0 aliphatic rings. The van der Waals surface area contributed by atoms with Gasteiger partial charge in [-0.2, -0.15) is 0 Å². The first-order chi connectivity index (χ1) is 13.0. The number of amides is 1. The van der Waals surface area contributed by atoms with Crippen molar-refractivity contribution in [1.29, 1.82) is 0 Å². The van der Waals surface area contributed by atoms with E-state index in [-0.39, 0.29) is 5.91 Å². The highest BCUT2D eigenvalue weighted by Gasteiger charge is 2.11. The van der Waals surface area contributed by atoms with Gasteiger partial charge in [-0.05, 0) is 41.7 Å². The molecule has 3 rings (SSSR count). The number of rotatable bonds is 6. The number of aryl methyl sites for hydroxylation is 1. The fourth-order valence-electron chi connectivity index (χ4n) is 2.91. The Balaban J connectivity index is 1.75. The third-order valence-electron chi connectivity index (χ3n) is 4.37. The monoisotopic (exact) mass is 360 g/mol. The number of hydrogen-bond donors (Lipinski definition) is 2. The van der Waals surface area contributed by atoms with Gasteiger partial charge in [-0.1, -0.05) is 38.1 Å². The van der Waals surface area contributed by atoms with Gasteiger partial charge in [-0.3, -0.25) is 14.8 Å². The molecular formula is C22H24N4O. The molecule has 1 aromatic carbocycles. The number of aromatic nitrogens is 2. The van der Waals surface area contributed by atoms with Crippen LogP contribution in [0.25, 0.3) is 0 Å². The molecular weight excluding hydrogens is 336 g/mol. The van der Waals surface area contributed by atoms with Crippen LogP contribution in [0.15, 0.2) is 61.2 Å². The van der Waals surface area contributed by atoms with Crippen molar-refractivity contribution in [3.05, 3.63) is 83.4 Å². The van der Waals surface area contributed by atoms with Crippen molar-refractivity contribution in [2.75, 3.05) is 5.32 Å². The predicted molar refractivity (Wildman–Crippen MR) is 108 cm³/mol. The molecule has 1 amide bonds. The largest absolute Gasteiger partial charge is 0.354 e. The van der Waals surface area contributed by atoms with E-state index in [9.17, 15) is 4.79 Å². The number of nitrogens with one attached hydrogen (secondary N) is 2. The first kappa shape index (κ1) is 18.6. The number of nitrogens with zero attached hydrogens (tertiary/aromatic N) is 2. The Kier molecular flexibility index (Phi) is 5.81. The number of anilines is 2. The van der Waals surface area contributed by atoms with Crippen LogP contribution >= 0.6 is 0 Å². The molecule has 0 unspecified atom stereocenters. The molecule has 0 fully saturated rings. The summed E-state index contributed by atoms with van der Waals surface area (Å²) in [5.41, 5.74) is 5.73. The van der Waals surface area contributed by atoms with E-state index in [1.165, 1.54) is 5.56 Å². The zero-order valence-electron chi connectivity index (χ0n) is 15.9. The molecule has 0 saturated carbocycles. The maximum atomic E-state index is 12.5. The fourth-order valence-corrected chi connectivity index (χ4v) is 2.91. The number of benzene rings is 1. The lowest BCUT2D eigenvalue weighted by molar-refractivity contribution is 0.0950. The quantitative estimate of drug-likeness (QED) is 0.675. The van der Waals surface area contributed by atoms with Crippen LogP contribution in [0.1, 0.15) is 46.8 Å². The molecule has 0 bridgehead atoms. The van der Waals surface area contributed by atoms with Gasteiger partial charge in [-0.25, -0.2) is 0 Å². The van der Waals surface area contributed by atoms with Gasteiger partial charge in [0.1, 0.15) is 0 Å². The van der Waals surface area contributed by atoms with E-state index in [1.807, 2.05) is 18.2 Å². The molecule has 0 atom stereocenters. The molecule has 0 aliphatic carbocycles. The van der Waals surface area contributed by atoms with Crippen molar-refractivity contribution in [3.63, 3.8) is 0 Å². The van der Waals surface area contributed by atoms with Crippen molar-refractivity contribution in [2.24, 2.45) is 0 Å². The zero-order valence-corrected chi connectivity index (χ0v) is 15.9. The van der Waals surface area contributed by atoms with E-state index in [4.69, 9.17) is 0 Å². The van der Waals surface area contributed by atoms with Gasteiger partial charge in [0, 0.05) is 30.8 Å². The molecule has 2 aromatic heterocycles. The highest BCUT2D eigenvalue weighted by atomic mass is 16.1. The Morgan fingerprint density at radius 2 is 1.93 bits per heavy atom. The highest BCUT2D eigenvalue weighted by Crippen LogP contribution is 2.30. The molecule has 5 heteroatoms. The predicted octanol–water partition coefficient (Wildman–Crippen LogP) is 4.58. The topological polar surface area (TPSA) is 66.9 Å². The zero-order chi connectivity index (χ0) is 19.2. The number of para-hydroxylation sites is 1. The number of pyridine rings is 2. The van der Waals surface area contributed by atoms with Crippen LogP contribution in [0.5, 0.6) is 0 Å². The van der Waals surface area contributed by atoms with Gasteiger partial charge >= 0.3 is 0 Å². The van der Waals surface area contributed by atoms with Crippen molar-refractivity contribution in [2.45, 2.75) is 33.2 Å². The maximum Gasteiger partial charge on any atom is 0.253 e. The summed E-state index contributed by atoms with van der Waals surface area (Å²) in [6.45, 7) is 6.84.